The van der Waals surface area contributed by atoms with E-state index >= 15 is 0 Å². The van der Waals surface area contributed by atoms with Crippen molar-refractivity contribution in [2.45, 2.75) is 6.04 Å². The number of amides is 2. The summed E-state index contributed by atoms with van der Waals surface area (Å²) in [4.78, 5) is 25.0. The number of piperazine rings is 1. The molecule has 1 N–H and O–H groups in total. The third-order valence-corrected chi connectivity index (χ3v) is 3.48. The van der Waals surface area contributed by atoms with Crippen LogP contribution in [-0.4, -0.2) is 35.7 Å². The van der Waals surface area contributed by atoms with Crippen molar-refractivity contribution >= 4 is 35.0 Å². The van der Waals surface area contributed by atoms with E-state index in [1.807, 2.05) is 0 Å². The van der Waals surface area contributed by atoms with Crippen molar-refractivity contribution in [2.24, 2.45) is 0 Å². The molecular weight excluding hydrogens is 294 g/mol. The monoisotopic (exact) mass is 304 g/mol. The number of hydrogen-bond donors (Lipinski definition) is 1. The average Bonchev–Trinajstić information content (AvgIpc) is 2.39. The van der Waals surface area contributed by atoms with Crippen molar-refractivity contribution in [2.75, 3.05) is 19.0 Å². The molecule has 102 valence electrons. The van der Waals surface area contributed by atoms with Crippen molar-refractivity contribution in [3.63, 3.8) is 0 Å². The van der Waals surface area contributed by atoms with Gasteiger partial charge in [-0.15, -0.1) is 11.6 Å². The average molecular weight is 305 g/mol. The van der Waals surface area contributed by atoms with E-state index < -0.39 is 23.7 Å². The Kier molecular flexibility index (Phi) is 4.27. The van der Waals surface area contributed by atoms with Gasteiger partial charge in [-0.2, -0.15) is 0 Å². The molecule has 1 aromatic carbocycles. The summed E-state index contributed by atoms with van der Waals surface area (Å²) in [5.41, 5.74) is -0.000154. The van der Waals surface area contributed by atoms with Gasteiger partial charge in [0, 0.05) is 23.7 Å². The Hall–Kier alpha value is -1.33. The van der Waals surface area contributed by atoms with Crippen LogP contribution in [-0.2, 0) is 9.59 Å². The smallest absolute Gasteiger partial charge is 0.247 e. The fourth-order valence-corrected chi connectivity index (χ4v) is 2.49. The SMILES string of the molecule is O=C1NCCN(C(=O)CCl)C1c1c(F)cccc1Cl. The summed E-state index contributed by atoms with van der Waals surface area (Å²) >= 11 is 11.5. The molecule has 1 aromatic rings. The van der Waals surface area contributed by atoms with Crippen molar-refractivity contribution in [1.82, 2.24) is 10.2 Å². The number of benzene rings is 1. The van der Waals surface area contributed by atoms with Gasteiger partial charge in [0.15, 0.2) is 0 Å². The predicted molar refractivity (Wildman–Crippen MR) is 69.6 cm³/mol. The minimum Gasteiger partial charge on any atom is -0.352 e. The lowest BCUT2D eigenvalue weighted by molar-refractivity contribution is -0.141. The molecule has 0 aromatic heterocycles. The summed E-state index contributed by atoms with van der Waals surface area (Å²) in [5, 5.41) is 2.70. The Morgan fingerprint density at radius 2 is 2.26 bits per heavy atom. The Balaban J connectivity index is 2.48. The van der Waals surface area contributed by atoms with Crippen LogP contribution in [0, 0.1) is 5.82 Å². The molecule has 0 radical (unpaired) electrons. The van der Waals surface area contributed by atoms with Crippen molar-refractivity contribution in [1.29, 1.82) is 0 Å². The van der Waals surface area contributed by atoms with Gasteiger partial charge in [0.1, 0.15) is 17.7 Å². The third-order valence-electron chi connectivity index (χ3n) is 2.92. The topological polar surface area (TPSA) is 49.4 Å². The van der Waals surface area contributed by atoms with Crippen LogP contribution in [0.5, 0.6) is 0 Å². The Morgan fingerprint density at radius 3 is 2.89 bits per heavy atom. The van der Waals surface area contributed by atoms with Gasteiger partial charge in [0.2, 0.25) is 11.8 Å². The summed E-state index contributed by atoms with van der Waals surface area (Å²) in [6.07, 6.45) is 0. The normalized spacial score (nSPS) is 19.2. The number of hydrogen-bond acceptors (Lipinski definition) is 2. The van der Waals surface area contributed by atoms with Crippen molar-refractivity contribution in [3.05, 3.63) is 34.6 Å². The zero-order valence-electron chi connectivity index (χ0n) is 9.83. The highest BCUT2D eigenvalue weighted by atomic mass is 35.5. The van der Waals surface area contributed by atoms with Crippen molar-refractivity contribution < 1.29 is 14.0 Å². The first-order valence-corrected chi connectivity index (χ1v) is 6.54. The van der Waals surface area contributed by atoms with Crippen LogP contribution in [0.1, 0.15) is 11.6 Å². The number of nitrogens with one attached hydrogen (secondary N) is 1. The molecule has 1 heterocycles. The van der Waals surface area contributed by atoms with E-state index in [1.54, 1.807) is 0 Å². The molecule has 1 fully saturated rings. The summed E-state index contributed by atoms with van der Waals surface area (Å²) in [6.45, 7) is 0.580. The molecule has 0 aliphatic carbocycles. The van der Waals surface area contributed by atoms with Crippen LogP contribution >= 0.6 is 23.2 Å². The zero-order valence-corrected chi connectivity index (χ0v) is 11.3. The molecule has 1 aliphatic heterocycles. The van der Waals surface area contributed by atoms with E-state index in [2.05, 4.69) is 5.32 Å². The zero-order chi connectivity index (χ0) is 14.0. The van der Waals surface area contributed by atoms with Crippen LogP contribution in [0.4, 0.5) is 4.39 Å². The lowest BCUT2D eigenvalue weighted by atomic mass is 10.0. The second-order valence-corrected chi connectivity index (χ2v) is 4.72. The lowest BCUT2D eigenvalue weighted by Gasteiger charge is -2.35. The second kappa shape index (κ2) is 5.75. The Bertz CT molecular complexity index is 504. The van der Waals surface area contributed by atoms with Crippen LogP contribution in [0.3, 0.4) is 0 Å². The third kappa shape index (κ3) is 2.67. The van der Waals surface area contributed by atoms with Crippen LogP contribution in [0.25, 0.3) is 0 Å². The second-order valence-electron chi connectivity index (χ2n) is 4.05. The molecule has 2 amide bonds. The van der Waals surface area contributed by atoms with Gasteiger partial charge in [-0.05, 0) is 12.1 Å². The van der Waals surface area contributed by atoms with E-state index in [0.29, 0.717) is 6.54 Å². The Morgan fingerprint density at radius 1 is 1.53 bits per heavy atom. The predicted octanol–water partition coefficient (Wildman–Crippen LogP) is 1.72. The summed E-state index contributed by atoms with van der Waals surface area (Å²) < 4.78 is 13.9. The highest BCUT2D eigenvalue weighted by Crippen LogP contribution is 2.31. The lowest BCUT2D eigenvalue weighted by Crippen LogP contribution is -2.52. The van der Waals surface area contributed by atoms with E-state index in [0.717, 1.165) is 0 Å². The molecule has 0 bridgehead atoms. The van der Waals surface area contributed by atoms with Gasteiger partial charge < -0.3 is 10.2 Å². The number of carbonyl (C=O) groups is 2. The molecule has 19 heavy (non-hydrogen) atoms. The first-order chi connectivity index (χ1) is 9.06. The maximum Gasteiger partial charge on any atom is 0.247 e. The minimum atomic E-state index is -1.08. The number of rotatable bonds is 2. The van der Waals surface area contributed by atoms with Gasteiger partial charge >= 0.3 is 0 Å². The van der Waals surface area contributed by atoms with E-state index in [4.69, 9.17) is 23.2 Å². The quantitative estimate of drug-likeness (QED) is 0.846. The molecule has 0 saturated carbocycles. The molecule has 7 heteroatoms. The van der Waals surface area contributed by atoms with Gasteiger partial charge in [0.25, 0.3) is 0 Å². The largest absolute Gasteiger partial charge is 0.352 e. The number of nitrogens with zero attached hydrogens (tertiary/aromatic N) is 1. The summed E-state index contributed by atoms with van der Waals surface area (Å²) in [6, 6.07) is 3.04. The van der Waals surface area contributed by atoms with E-state index in [1.165, 1.54) is 23.1 Å². The number of alkyl halides is 1. The maximum atomic E-state index is 13.9. The first kappa shape index (κ1) is 14.1. The molecular formula is C12H11Cl2FN2O2. The van der Waals surface area contributed by atoms with Gasteiger partial charge in [0.05, 0.1) is 0 Å². The molecule has 0 spiro atoms. The highest BCUT2D eigenvalue weighted by molar-refractivity contribution is 6.31. The first-order valence-electron chi connectivity index (χ1n) is 5.63. The molecule has 1 saturated heterocycles. The fourth-order valence-electron chi connectivity index (χ4n) is 2.07. The molecule has 1 atom stereocenters. The van der Waals surface area contributed by atoms with E-state index in [9.17, 15) is 14.0 Å². The van der Waals surface area contributed by atoms with Gasteiger partial charge in [-0.3, -0.25) is 9.59 Å². The molecule has 2 rings (SSSR count). The van der Waals surface area contributed by atoms with E-state index in [-0.39, 0.29) is 23.0 Å². The van der Waals surface area contributed by atoms with Crippen molar-refractivity contribution in [3.8, 4) is 0 Å². The summed E-state index contributed by atoms with van der Waals surface area (Å²) in [7, 11) is 0. The van der Waals surface area contributed by atoms with Gasteiger partial charge in [-0.25, -0.2) is 4.39 Å². The molecule has 1 unspecified atom stereocenters. The van der Waals surface area contributed by atoms with Crippen LogP contribution in [0.2, 0.25) is 5.02 Å². The highest BCUT2D eigenvalue weighted by Gasteiger charge is 2.36. The standard InChI is InChI=1S/C12H11Cl2FN2O2/c13-6-9(18)17-5-4-16-12(19)11(17)10-7(14)2-1-3-8(10)15/h1-3,11H,4-6H2,(H,16,19). The maximum absolute atomic E-state index is 13.9. The Labute approximate surface area is 119 Å². The van der Waals surface area contributed by atoms with Crippen LogP contribution < -0.4 is 5.32 Å². The van der Waals surface area contributed by atoms with Crippen LogP contribution in [0.15, 0.2) is 18.2 Å². The molecule has 1 aliphatic rings. The number of halogens is 3. The van der Waals surface area contributed by atoms with Gasteiger partial charge in [-0.1, -0.05) is 17.7 Å². The molecule has 4 nitrogen and oxygen atoms in total. The fraction of sp³-hybridized carbons (Fsp3) is 0.333. The minimum absolute atomic E-state index is 0.000154. The number of carbonyl (C=O) groups excluding carboxylic acids is 2. The summed E-state index contributed by atoms with van der Waals surface area (Å²) in [5.74, 6) is -1.78.